The van der Waals surface area contributed by atoms with Crippen molar-refractivity contribution in [3.8, 4) is 0 Å². The predicted octanol–water partition coefficient (Wildman–Crippen LogP) is 1.78. The van der Waals surface area contributed by atoms with Gasteiger partial charge in [0.25, 0.3) is 0 Å². The van der Waals surface area contributed by atoms with Crippen molar-refractivity contribution >= 4 is 33.9 Å². The van der Waals surface area contributed by atoms with Gasteiger partial charge in [0.15, 0.2) is 3.01 Å². The molecule has 0 unspecified atom stereocenters. The molecule has 13 heavy (non-hydrogen) atoms. The Labute approximate surface area is 95.7 Å². The molecular weight excluding hydrogens is 297 g/mol. The lowest BCUT2D eigenvalue weighted by Gasteiger charge is -2.12. The lowest BCUT2D eigenvalue weighted by atomic mass is 10.4. The highest BCUT2D eigenvalue weighted by molar-refractivity contribution is 14.1. The minimum atomic E-state index is 1.05. The molecule has 1 saturated heterocycles. The lowest BCUT2D eigenvalue weighted by Crippen LogP contribution is -2.21. The molecule has 0 N–H and O–H groups in total. The van der Waals surface area contributed by atoms with Gasteiger partial charge in [-0.25, -0.2) is 0 Å². The molecule has 3 nitrogen and oxygen atoms in total. The average Bonchev–Trinajstić information content (AvgIpc) is 2.71. The van der Waals surface area contributed by atoms with E-state index < -0.39 is 0 Å². The Balaban J connectivity index is 1.78. The van der Waals surface area contributed by atoms with E-state index >= 15 is 0 Å². The van der Waals surface area contributed by atoms with Gasteiger partial charge in [-0.3, -0.25) is 0 Å². The molecule has 1 aromatic rings. The molecule has 5 heteroatoms. The van der Waals surface area contributed by atoms with E-state index in [-0.39, 0.29) is 0 Å². The van der Waals surface area contributed by atoms with Gasteiger partial charge in [0.1, 0.15) is 5.01 Å². The Morgan fingerprint density at radius 1 is 1.31 bits per heavy atom. The molecule has 1 aromatic heterocycles. The number of likely N-dealkylation sites (tertiary alicyclic amines) is 1. The van der Waals surface area contributed by atoms with E-state index in [1.807, 2.05) is 0 Å². The normalized spacial score (nSPS) is 18.2. The monoisotopic (exact) mass is 309 g/mol. The maximum atomic E-state index is 4.11. The van der Waals surface area contributed by atoms with Gasteiger partial charge < -0.3 is 4.90 Å². The highest BCUT2D eigenvalue weighted by atomic mass is 127. The smallest absolute Gasteiger partial charge is 0.178 e. The van der Waals surface area contributed by atoms with Gasteiger partial charge in [0.05, 0.1) is 0 Å². The average molecular weight is 309 g/mol. The van der Waals surface area contributed by atoms with Crippen LogP contribution in [0.3, 0.4) is 0 Å². The second-order valence-electron chi connectivity index (χ2n) is 3.25. The fourth-order valence-corrected chi connectivity index (χ4v) is 3.02. The summed E-state index contributed by atoms with van der Waals surface area (Å²) >= 11 is 3.93. The first kappa shape index (κ1) is 9.79. The summed E-state index contributed by atoms with van der Waals surface area (Å²) in [7, 11) is 0. The van der Waals surface area contributed by atoms with E-state index in [0.717, 1.165) is 16.0 Å². The van der Waals surface area contributed by atoms with Crippen LogP contribution < -0.4 is 0 Å². The molecule has 72 valence electrons. The summed E-state index contributed by atoms with van der Waals surface area (Å²) in [5, 5.41) is 9.29. The van der Waals surface area contributed by atoms with E-state index in [4.69, 9.17) is 0 Å². The molecule has 2 rings (SSSR count). The van der Waals surface area contributed by atoms with Crippen LogP contribution in [0.1, 0.15) is 17.8 Å². The molecule has 1 aliphatic heterocycles. The van der Waals surface area contributed by atoms with Crippen molar-refractivity contribution in [1.29, 1.82) is 0 Å². The SMILES string of the molecule is Ic1nnc(CCN2CCCC2)s1. The fourth-order valence-electron chi connectivity index (χ4n) is 1.59. The predicted molar refractivity (Wildman–Crippen MR) is 62.0 cm³/mol. The van der Waals surface area contributed by atoms with Crippen molar-refractivity contribution in [2.24, 2.45) is 0 Å². The summed E-state index contributed by atoms with van der Waals surface area (Å²) in [5.41, 5.74) is 0. The van der Waals surface area contributed by atoms with Crippen molar-refractivity contribution in [2.45, 2.75) is 19.3 Å². The maximum Gasteiger partial charge on any atom is 0.178 e. The number of hydrogen-bond donors (Lipinski definition) is 0. The molecule has 1 aliphatic rings. The van der Waals surface area contributed by atoms with Crippen LogP contribution in [0.15, 0.2) is 0 Å². The number of aromatic nitrogens is 2. The minimum absolute atomic E-state index is 1.05. The first-order valence-electron chi connectivity index (χ1n) is 4.55. The van der Waals surface area contributed by atoms with Crippen LogP contribution in [0.4, 0.5) is 0 Å². The summed E-state index contributed by atoms with van der Waals surface area (Å²) in [6, 6.07) is 0. The van der Waals surface area contributed by atoms with Crippen LogP contribution in [0.2, 0.25) is 0 Å². The van der Waals surface area contributed by atoms with E-state index in [1.165, 1.54) is 30.9 Å². The topological polar surface area (TPSA) is 29.0 Å². The molecule has 0 atom stereocenters. The van der Waals surface area contributed by atoms with Crippen molar-refractivity contribution in [2.75, 3.05) is 19.6 Å². The summed E-state index contributed by atoms with van der Waals surface area (Å²) in [4.78, 5) is 2.51. The van der Waals surface area contributed by atoms with Crippen molar-refractivity contribution in [3.63, 3.8) is 0 Å². The molecule has 1 fully saturated rings. The molecule has 0 spiro atoms. The zero-order valence-electron chi connectivity index (χ0n) is 7.37. The zero-order chi connectivity index (χ0) is 9.10. The van der Waals surface area contributed by atoms with Crippen LogP contribution in [-0.2, 0) is 6.42 Å². The Hall–Kier alpha value is 0.250. The van der Waals surface area contributed by atoms with Crippen LogP contribution in [0.25, 0.3) is 0 Å². The van der Waals surface area contributed by atoms with Gasteiger partial charge in [-0.15, -0.1) is 10.2 Å². The van der Waals surface area contributed by atoms with Crippen LogP contribution >= 0.6 is 33.9 Å². The summed E-state index contributed by atoms with van der Waals surface area (Å²) in [6.07, 6.45) is 3.81. The molecule has 0 aliphatic carbocycles. The second-order valence-corrected chi connectivity index (χ2v) is 6.06. The number of nitrogens with zero attached hydrogens (tertiary/aromatic N) is 3. The number of hydrogen-bond acceptors (Lipinski definition) is 4. The highest BCUT2D eigenvalue weighted by Gasteiger charge is 2.11. The standard InChI is InChI=1S/C8H12IN3S/c9-8-11-10-7(13-8)3-6-12-4-1-2-5-12/h1-6H2. The van der Waals surface area contributed by atoms with E-state index in [9.17, 15) is 0 Å². The van der Waals surface area contributed by atoms with Gasteiger partial charge >= 0.3 is 0 Å². The quantitative estimate of drug-likeness (QED) is 0.797. The first-order valence-corrected chi connectivity index (χ1v) is 6.44. The molecule has 2 heterocycles. The fraction of sp³-hybridized carbons (Fsp3) is 0.750. The van der Waals surface area contributed by atoms with E-state index in [0.29, 0.717) is 0 Å². The molecule has 0 bridgehead atoms. The van der Waals surface area contributed by atoms with Crippen LogP contribution in [0.5, 0.6) is 0 Å². The molecule has 0 aromatic carbocycles. The molecule has 0 radical (unpaired) electrons. The summed E-state index contributed by atoms with van der Waals surface area (Å²) in [5.74, 6) is 0. The Morgan fingerprint density at radius 2 is 2.08 bits per heavy atom. The van der Waals surface area contributed by atoms with Crippen molar-refractivity contribution in [1.82, 2.24) is 15.1 Å². The third kappa shape index (κ3) is 2.85. The Morgan fingerprint density at radius 3 is 2.69 bits per heavy atom. The number of halogens is 1. The van der Waals surface area contributed by atoms with Crippen LogP contribution in [0, 0.1) is 3.01 Å². The van der Waals surface area contributed by atoms with Crippen LogP contribution in [-0.4, -0.2) is 34.7 Å². The molecular formula is C8H12IN3S. The van der Waals surface area contributed by atoms with Gasteiger partial charge in [0.2, 0.25) is 0 Å². The second kappa shape index (κ2) is 4.65. The van der Waals surface area contributed by atoms with E-state index in [2.05, 4.69) is 37.7 Å². The Bertz CT molecular complexity index is 270. The van der Waals surface area contributed by atoms with Gasteiger partial charge in [0, 0.05) is 13.0 Å². The molecule has 0 amide bonds. The van der Waals surface area contributed by atoms with Crippen molar-refractivity contribution < 1.29 is 0 Å². The summed E-state index contributed by atoms with van der Waals surface area (Å²) in [6.45, 7) is 3.71. The first-order chi connectivity index (χ1) is 6.34. The Kier molecular flexibility index (Phi) is 3.51. The molecule has 0 saturated carbocycles. The number of rotatable bonds is 3. The van der Waals surface area contributed by atoms with E-state index in [1.54, 1.807) is 11.3 Å². The minimum Gasteiger partial charge on any atom is -0.303 e. The lowest BCUT2D eigenvalue weighted by molar-refractivity contribution is 0.343. The van der Waals surface area contributed by atoms with Gasteiger partial charge in [-0.2, -0.15) is 0 Å². The third-order valence-electron chi connectivity index (χ3n) is 2.28. The largest absolute Gasteiger partial charge is 0.303 e. The van der Waals surface area contributed by atoms with Gasteiger partial charge in [-0.1, -0.05) is 11.3 Å². The third-order valence-corrected chi connectivity index (χ3v) is 3.93. The van der Waals surface area contributed by atoms with Crippen molar-refractivity contribution in [3.05, 3.63) is 8.02 Å². The zero-order valence-corrected chi connectivity index (χ0v) is 10.3. The van der Waals surface area contributed by atoms with Gasteiger partial charge in [-0.05, 0) is 48.5 Å². The summed E-state index contributed by atoms with van der Waals surface area (Å²) < 4.78 is 1.05. The highest BCUT2D eigenvalue weighted by Crippen LogP contribution is 2.14. The maximum absolute atomic E-state index is 4.11.